The molecule has 0 saturated heterocycles. The van der Waals surface area contributed by atoms with Gasteiger partial charge >= 0.3 is 0 Å². The minimum atomic E-state index is 0.860. The van der Waals surface area contributed by atoms with Gasteiger partial charge in [-0.25, -0.2) is 4.98 Å². The van der Waals surface area contributed by atoms with E-state index in [4.69, 9.17) is 0 Å². The maximum atomic E-state index is 4.51. The summed E-state index contributed by atoms with van der Waals surface area (Å²) in [5.74, 6) is 1.99. The van der Waals surface area contributed by atoms with Gasteiger partial charge in [0.15, 0.2) is 0 Å². The van der Waals surface area contributed by atoms with Gasteiger partial charge in [0.2, 0.25) is 0 Å². The van der Waals surface area contributed by atoms with Crippen LogP contribution in [0.2, 0.25) is 0 Å². The van der Waals surface area contributed by atoms with Crippen LogP contribution >= 0.6 is 0 Å². The van der Waals surface area contributed by atoms with E-state index in [0.717, 1.165) is 37.3 Å². The molecule has 3 rings (SSSR count). The number of aromatic nitrogens is 1. The summed E-state index contributed by atoms with van der Waals surface area (Å²) in [7, 11) is 0. The van der Waals surface area contributed by atoms with Crippen molar-refractivity contribution in [3.63, 3.8) is 0 Å². The monoisotopic (exact) mass is 259 g/mol. The van der Waals surface area contributed by atoms with Crippen molar-refractivity contribution in [3.05, 3.63) is 23.9 Å². The molecule has 2 saturated carbocycles. The van der Waals surface area contributed by atoms with Crippen LogP contribution in [0.3, 0.4) is 0 Å². The fraction of sp³-hybridized carbons (Fsp3) is 0.688. The third-order valence-corrected chi connectivity index (χ3v) is 4.02. The summed E-state index contributed by atoms with van der Waals surface area (Å²) in [6.45, 7) is 5.57. The Morgan fingerprint density at radius 3 is 2.68 bits per heavy atom. The van der Waals surface area contributed by atoms with Gasteiger partial charge in [-0.3, -0.25) is 4.90 Å². The Bertz CT molecular complexity index is 393. The zero-order chi connectivity index (χ0) is 13.1. The number of pyridine rings is 1. The van der Waals surface area contributed by atoms with E-state index in [9.17, 15) is 0 Å². The predicted octanol–water partition coefficient (Wildman–Crippen LogP) is 3.28. The summed E-state index contributed by atoms with van der Waals surface area (Å²) in [5, 5.41) is 3.33. The van der Waals surface area contributed by atoms with Gasteiger partial charge in [-0.1, -0.05) is 13.0 Å². The van der Waals surface area contributed by atoms with E-state index in [0.29, 0.717) is 0 Å². The van der Waals surface area contributed by atoms with Crippen molar-refractivity contribution in [1.82, 2.24) is 9.88 Å². The Hall–Kier alpha value is -1.09. The van der Waals surface area contributed by atoms with E-state index in [1.165, 1.54) is 37.8 Å². The van der Waals surface area contributed by atoms with Crippen LogP contribution in [0.25, 0.3) is 0 Å². The lowest BCUT2D eigenvalue weighted by molar-refractivity contribution is 0.244. The van der Waals surface area contributed by atoms with Crippen LogP contribution in [0.15, 0.2) is 18.3 Å². The molecule has 1 N–H and O–H groups in total. The summed E-state index contributed by atoms with van der Waals surface area (Å²) < 4.78 is 0. The average molecular weight is 259 g/mol. The Morgan fingerprint density at radius 1 is 1.26 bits per heavy atom. The molecular weight excluding hydrogens is 234 g/mol. The lowest BCUT2D eigenvalue weighted by Crippen LogP contribution is -2.27. The zero-order valence-electron chi connectivity index (χ0n) is 11.9. The van der Waals surface area contributed by atoms with Crippen LogP contribution in [-0.2, 0) is 6.54 Å². The largest absolute Gasteiger partial charge is 0.370 e. The van der Waals surface area contributed by atoms with Gasteiger partial charge in [-0.2, -0.15) is 0 Å². The first kappa shape index (κ1) is 12.9. The molecule has 0 aromatic carbocycles. The average Bonchev–Trinajstić information content (AvgIpc) is 3.28. The molecule has 1 aromatic rings. The fourth-order valence-corrected chi connectivity index (χ4v) is 2.52. The normalized spacial score (nSPS) is 18.8. The quantitative estimate of drug-likeness (QED) is 0.776. The van der Waals surface area contributed by atoms with Crippen molar-refractivity contribution in [1.29, 1.82) is 0 Å². The highest BCUT2D eigenvalue weighted by Crippen LogP contribution is 2.35. The summed E-state index contributed by atoms with van der Waals surface area (Å²) >= 11 is 0. The molecule has 104 valence electrons. The van der Waals surface area contributed by atoms with Crippen LogP contribution < -0.4 is 5.32 Å². The van der Waals surface area contributed by atoms with Crippen LogP contribution in [0, 0.1) is 5.92 Å². The smallest absolute Gasteiger partial charge is 0.125 e. The highest BCUT2D eigenvalue weighted by atomic mass is 15.2. The molecular formula is C16H25N3. The standard InChI is InChI=1S/C16H25N3/c1-2-9-17-16-8-5-14(10-18-16)12-19(15-6-7-15)11-13-3-4-13/h5,8,10,13,15H,2-4,6-7,9,11-12H2,1H3,(H,17,18). The molecule has 0 amide bonds. The number of hydrogen-bond donors (Lipinski definition) is 1. The van der Waals surface area contributed by atoms with Crippen LogP contribution in [0.1, 0.15) is 44.6 Å². The third kappa shape index (κ3) is 3.93. The van der Waals surface area contributed by atoms with Crippen LogP contribution in [0.5, 0.6) is 0 Å². The number of nitrogens with zero attached hydrogens (tertiary/aromatic N) is 2. The molecule has 0 atom stereocenters. The number of hydrogen-bond acceptors (Lipinski definition) is 3. The first-order valence-corrected chi connectivity index (χ1v) is 7.78. The highest BCUT2D eigenvalue weighted by molar-refractivity contribution is 5.35. The molecule has 2 aliphatic carbocycles. The maximum Gasteiger partial charge on any atom is 0.125 e. The summed E-state index contributed by atoms with van der Waals surface area (Å²) in [6.07, 6.45) is 8.87. The molecule has 0 spiro atoms. The Labute approximate surface area is 116 Å². The van der Waals surface area contributed by atoms with E-state index in [1.54, 1.807) is 0 Å². The Balaban J connectivity index is 1.54. The molecule has 19 heavy (non-hydrogen) atoms. The molecule has 2 aliphatic rings. The van der Waals surface area contributed by atoms with Crippen molar-refractivity contribution in [2.24, 2.45) is 5.92 Å². The summed E-state index contributed by atoms with van der Waals surface area (Å²) in [5.41, 5.74) is 1.36. The molecule has 1 aromatic heterocycles. The third-order valence-electron chi connectivity index (χ3n) is 4.02. The molecule has 0 radical (unpaired) electrons. The van der Waals surface area contributed by atoms with Gasteiger partial charge in [0.25, 0.3) is 0 Å². The maximum absolute atomic E-state index is 4.51. The molecule has 0 aliphatic heterocycles. The van der Waals surface area contributed by atoms with Gasteiger partial charge in [-0.15, -0.1) is 0 Å². The minimum absolute atomic E-state index is 0.860. The first-order valence-electron chi connectivity index (χ1n) is 7.78. The topological polar surface area (TPSA) is 28.2 Å². The second-order valence-electron chi connectivity index (χ2n) is 6.08. The molecule has 3 nitrogen and oxygen atoms in total. The molecule has 0 bridgehead atoms. The Morgan fingerprint density at radius 2 is 2.11 bits per heavy atom. The van der Waals surface area contributed by atoms with Crippen molar-refractivity contribution in [2.75, 3.05) is 18.4 Å². The molecule has 0 unspecified atom stereocenters. The molecule has 3 heteroatoms. The van der Waals surface area contributed by atoms with Gasteiger partial charge in [0.05, 0.1) is 0 Å². The van der Waals surface area contributed by atoms with E-state index in [1.807, 2.05) is 6.20 Å². The summed E-state index contributed by atoms with van der Waals surface area (Å²) in [6, 6.07) is 5.21. The second kappa shape index (κ2) is 5.91. The second-order valence-corrected chi connectivity index (χ2v) is 6.08. The van der Waals surface area contributed by atoms with Gasteiger partial charge < -0.3 is 5.32 Å². The van der Waals surface area contributed by atoms with Gasteiger partial charge in [0.1, 0.15) is 5.82 Å². The van der Waals surface area contributed by atoms with Crippen molar-refractivity contribution < 1.29 is 0 Å². The van der Waals surface area contributed by atoms with E-state index >= 15 is 0 Å². The molecule has 2 fully saturated rings. The SMILES string of the molecule is CCCNc1ccc(CN(CC2CC2)C2CC2)cn1. The van der Waals surface area contributed by atoms with E-state index < -0.39 is 0 Å². The lowest BCUT2D eigenvalue weighted by atomic mass is 10.2. The molecule has 1 heterocycles. The van der Waals surface area contributed by atoms with Crippen molar-refractivity contribution in [2.45, 2.75) is 51.6 Å². The highest BCUT2D eigenvalue weighted by Gasteiger charge is 2.33. The van der Waals surface area contributed by atoms with Gasteiger partial charge in [-0.05, 0) is 49.7 Å². The number of nitrogens with one attached hydrogen (secondary N) is 1. The van der Waals surface area contributed by atoms with E-state index in [-0.39, 0.29) is 0 Å². The summed E-state index contributed by atoms with van der Waals surface area (Å²) in [4.78, 5) is 7.18. The Kier molecular flexibility index (Phi) is 4.02. The van der Waals surface area contributed by atoms with Crippen LogP contribution in [0.4, 0.5) is 5.82 Å². The van der Waals surface area contributed by atoms with Crippen molar-refractivity contribution in [3.8, 4) is 0 Å². The number of anilines is 1. The number of rotatable bonds is 8. The zero-order valence-corrected chi connectivity index (χ0v) is 11.9. The van der Waals surface area contributed by atoms with Gasteiger partial charge in [0, 0.05) is 31.9 Å². The first-order chi connectivity index (χ1) is 9.35. The van der Waals surface area contributed by atoms with E-state index in [2.05, 4.69) is 34.3 Å². The lowest BCUT2D eigenvalue weighted by Gasteiger charge is -2.21. The van der Waals surface area contributed by atoms with Crippen LogP contribution in [-0.4, -0.2) is 29.0 Å². The van der Waals surface area contributed by atoms with Crippen molar-refractivity contribution >= 4 is 5.82 Å². The minimum Gasteiger partial charge on any atom is -0.370 e. The fourth-order valence-electron chi connectivity index (χ4n) is 2.52. The predicted molar refractivity (Wildman–Crippen MR) is 79.2 cm³/mol.